The van der Waals surface area contributed by atoms with E-state index in [9.17, 15) is 4.57 Å². The second-order valence-corrected chi connectivity index (χ2v) is 3.84. The van der Waals surface area contributed by atoms with Crippen LogP contribution in [0, 0.1) is 0 Å². The molecule has 2 aromatic carbocycles. The van der Waals surface area contributed by atoms with Crippen molar-refractivity contribution < 1.29 is 33.9 Å². The zero-order chi connectivity index (χ0) is 11.2. The van der Waals surface area contributed by atoms with E-state index in [0.29, 0.717) is 11.5 Å². The molecule has 0 atom stereocenters. The van der Waals surface area contributed by atoms with E-state index in [0.717, 1.165) is 0 Å². The summed E-state index contributed by atoms with van der Waals surface area (Å²) in [6, 6.07) is 17.8. The van der Waals surface area contributed by atoms with Gasteiger partial charge >= 0.3 is 27.1 Å². The molecule has 0 amide bonds. The summed E-state index contributed by atoms with van der Waals surface area (Å²) >= 11 is 0. The van der Waals surface area contributed by atoms with E-state index in [-0.39, 0.29) is 20.3 Å². The van der Waals surface area contributed by atoms with Crippen LogP contribution in [0.5, 0.6) is 11.5 Å². The summed E-state index contributed by atoms with van der Waals surface area (Å²) < 4.78 is 21.7. The van der Waals surface area contributed by atoms with E-state index in [1.807, 2.05) is 12.1 Å². The number of hydrogen-bond acceptors (Lipinski definition) is 3. The second kappa shape index (κ2) is 7.14. The molecule has 0 aliphatic rings. The fraction of sp³-hybridized carbons (Fsp3) is 0. The molecule has 0 aliphatic heterocycles. The van der Waals surface area contributed by atoms with Crippen LogP contribution in [-0.4, -0.2) is 0 Å². The van der Waals surface area contributed by atoms with Crippen molar-refractivity contribution >= 4 is 8.25 Å². The van der Waals surface area contributed by atoms with Crippen LogP contribution >= 0.6 is 8.25 Å². The summed E-state index contributed by atoms with van der Waals surface area (Å²) in [6.45, 7) is 0. The van der Waals surface area contributed by atoms with Crippen LogP contribution in [-0.2, 0) is 4.57 Å². The van der Waals surface area contributed by atoms with E-state index < -0.39 is 8.25 Å². The van der Waals surface area contributed by atoms with Gasteiger partial charge in [0, 0.05) is 4.57 Å². The topological polar surface area (TPSA) is 35.5 Å². The maximum absolute atomic E-state index is 11.5. The predicted octanol–water partition coefficient (Wildman–Crippen LogP) is 0.918. The minimum absolute atomic E-state index is 0. The average Bonchev–Trinajstić information content (AvgIpc) is 2.31. The summed E-state index contributed by atoms with van der Waals surface area (Å²) in [7, 11) is -2.18. The number of hydrogen-bond donors (Lipinski definition) is 0. The van der Waals surface area contributed by atoms with Crippen LogP contribution in [0.25, 0.3) is 0 Å². The maximum atomic E-state index is 11.5. The summed E-state index contributed by atoms with van der Waals surface area (Å²) in [5.74, 6) is 1.05. The van der Waals surface area contributed by atoms with Crippen molar-refractivity contribution in [2.45, 2.75) is 0 Å². The van der Waals surface area contributed by atoms with Crippen molar-refractivity contribution in [2.24, 2.45) is 0 Å². The second-order valence-electron chi connectivity index (χ2n) is 3.03. The van der Waals surface area contributed by atoms with Crippen LogP contribution in [0.2, 0.25) is 0 Å². The largest absolute Gasteiger partial charge is 1.00 e. The summed E-state index contributed by atoms with van der Waals surface area (Å²) in [5.41, 5.74) is 0. The molecular weight excluding hydrogens is 230 g/mol. The van der Waals surface area contributed by atoms with Crippen molar-refractivity contribution in [1.29, 1.82) is 0 Å². The average molecular weight is 241 g/mol. The minimum Gasteiger partial charge on any atom is -1.00 e. The van der Waals surface area contributed by atoms with Gasteiger partial charge in [-0.3, -0.25) is 0 Å². The van der Waals surface area contributed by atoms with Crippen LogP contribution in [0.4, 0.5) is 0 Å². The molecule has 0 fully saturated rings. The van der Waals surface area contributed by atoms with Gasteiger partial charge in [0.05, 0.1) is 0 Å². The quantitative estimate of drug-likeness (QED) is 0.589. The van der Waals surface area contributed by atoms with Crippen molar-refractivity contribution in [1.82, 2.24) is 0 Å². The first-order chi connectivity index (χ1) is 7.84. The Morgan fingerprint density at radius 2 is 1.12 bits per heavy atom. The van der Waals surface area contributed by atoms with Gasteiger partial charge in [-0.1, -0.05) is 36.4 Å². The molecule has 82 valence electrons. The molecule has 0 heterocycles. The normalized spacial score (nSPS) is 8.94. The molecular formula is C12H11LiO3P+. The van der Waals surface area contributed by atoms with E-state index in [1.165, 1.54) is 0 Å². The first-order valence-electron chi connectivity index (χ1n) is 4.78. The van der Waals surface area contributed by atoms with Crippen LogP contribution in [0.1, 0.15) is 1.43 Å². The van der Waals surface area contributed by atoms with Gasteiger partial charge in [-0.15, -0.1) is 0 Å². The molecule has 2 rings (SSSR count). The van der Waals surface area contributed by atoms with E-state index in [4.69, 9.17) is 9.05 Å². The Hall–Kier alpha value is -1.26. The van der Waals surface area contributed by atoms with E-state index >= 15 is 0 Å². The molecule has 3 nitrogen and oxygen atoms in total. The fourth-order valence-corrected chi connectivity index (χ4v) is 1.78. The van der Waals surface area contributed by atoms with Gasteiger partial charge < -0.3 is 1.43 Å². The van der Waals surface area contributed by atoms with Crippen molar-refractivity contribution in [2.75, 3.05) is 0 Å². The standard InChI is InChI=1S/C12H10O3P.Li.H/c13-16(14-11-7-3-1-4-8-11)15-12-9-5-2-6-10-12;;/h1-10H;;/q2*+1;-1. The number of rotatable bonds is 4. The third-order valence-electron chi connectivity index (χ3n) is 1.85. The van der Waals surface area contributed by atoms with Gasteiger partial charge in [0.25, 0.3) is 0 Å². The Labute approximate surface area is 114 Å². The molecule has 0 unspecified atom stereocenters. The van der Waals surface area contributed by atoms with Gasteiger partial charge in [-0.05, 0) is 24.3 Å². The van der Waals surface area contributed by atoms with Crippen molar-refractivity contribution in [3.05, 3.63) is 60.7 Å². The Morgan fingerprint density at radius 3 is 1.47 bits per heavy atom. The summed E-state index contributed by atoms with van der Waals surface area (Å²) in [6.07, 6.45) is 0. The third-order valence-corrected chi connectivity index (χ3v) is 2.57. The third kappa shape index (κ3) is 4.62. The maximum Gasteiger partial charge on any atom is 1.00 e. The first kappa shape index (κ1) is 13.8. The Balaban J connectivity index is 0.00000144. The number of benzene rings is 2. The fourth-order valence-electron chi connectivity index (χ4n) is 1.15. The SMILES string of the molecule is O=[P+](Oc1ccccc1)Oc1ccccc1.[H-].[Li+]. The predicted molar refractivity (Wildman–Crippen MR) is 62.9 cm³/mol. The summed E-state index contributed by atoms with van der Waals surface area (Å²) in [5, 5.41) is 0. The van der Waals surface area contributed by atoms with Gasteiger partial charge in [-0.25, -0.2) is 9.05 Å². The molecule has 0 saturated heterocycles. The van der Waals surface area contributed by atoms with E-state index in [1.54, 1.807) is 48.5 Å². The smallest absolute Gasteiger partial charge is 1.00 e. The Bertz CT molecular complexity index is 424. The monoisotopic (exact) mass is 241 g/mol. The molecule has 0 saturated carbocycles. The molecule has 0 spiro atoms. The molecule has 17 heavy (non-hydrogen) atoms. The van der Waals surface area contributed by atoms with Gasteiger partial charge in [-0.2, -0.15) is 0 Å². The number of para-hydroxylation sites is 2. The minimum atomic E-state index is -2.18. The van der Waals surface area contributed by atoms with Crippen LogP contribution in [0.3, 0.4) is 0 Å². The van der Waals surface area contributed by atoms with Crippen LogP contribution < -0.4 is 27.9 Å². The molecule has 2 aromatic rings. The van der Waals surface area contributed by atoms with Crippen LogP contribution in [0.15, 0.2) is 60.7 Å². The van der Waals surface area contributed by atoms with Gasteiger partial charge in [0.1, 0.15) is 0 Å². The molecule has 0 N–H and O–H groups in total. The summed E-state index contributed by atoms with van der Waals surface area (Å²) in [4.78, 5) is 0. The van der Waals surface area contributed by atoms with Crippen molar-refractivity contribution in [3.8, 4) is 11.5 Å². The molecule has 0 bridgehead atoms. The Kier molecular flexibility index (Phi) is 5.80. The molecule has 0 aromatic heterocycles. The van der Waals surface area contributed by atoms with E-state index in [2.05, 4.69) is 0 Å². The van der Waals surface area contributed by atoms with Gasteiger partial charge in [0.15, 0.2) is 11.5 Å². The zero-order valence-corrected chi connectivity index (χ0v) is 10.3. The van der Waals surface area contributed by atoms with Gasteiger partial charge in [0.2, 0.25) is 0 Å². The Morgan fingerprint density at radius 1 is 0.765 bits per heavy atom. The molecule has 0 radical (unpaired) electrons. The first-order valence-corrected chi connectivity index (χ1v) is 5.87. The molecule has 0 aliphatic carbocycles. The molecule has 5 heteroatoms. The van der Waals surface area contributed by atoms with Crippen molar-refractivity contribution in [3.63, 3.8) is 0 Å². The zero-order valence-electron chi connectivity index (χ0n) is 10.4.